The van der Waals surface area contributed by atoms with Crippen LogP contribution in [0.15, 0.2) is 30.5 Å². The lowest BCUT2D eigenvalue weighted by atomic mass is 10.1. The van der Waals surface area contributed by atoms with Gasteiger partial charge in [0.1, 0.15) is 6.07 Å². The van der Waals surface area contributed by atoms with Gasteiger partial charge in [-0.2, -0.15) is 18.4 Å². The number of ether oxygens (including phenoxy) is 1. The number of pyridine rings is 1. The van der Waals surface area contributed by atoms with Crippen LogP contribution in [0.1, 0.15) is 24.1 Å². The summed E-state index contributed by atoms with van der Waals surface area (Å²) in [5.74, 6) is -1.17. The van der Waals surface area contributed by atoms with E-state index in [1.54, 1.807) is 0 Å². The largest absolute Gasteiger partial charge is 0.494 e. The average molecular weight is 438 g/mol. The summed E-state index contributed by atoms with van der Waals surface area (Å²) in [6, 6.07) is 6.12. The van der Waals surface area contributed by atoms with E-state index in [0.29, 0.717) is 18.2 Å². The number of halogens is 4. The number of methoxy groups -OCH3 is 1. The third-order valence-electron chi connectivity index (χ3n) is 4.43. The highest BCUT2D eigenvalue weighted by atomic mass is 32.1. The Morgan fingerprint density at radius 2 is 2.00 bits per heavy atom. The van der Waals surface area contributed by atoms with Crippen molar-refractivity contribution in [1.29, 1.82) is 5.26 Å². The second-order valence-corrected chi connectivity index (χ2v) is 6.65. The number of nitriles is 1. The minimum absolute atomic E-state index is 0.0105. The fourth-order valence-corrected chi connectivity index (χ4v) is 3.43. The number of amides is 1. The molecule has 0 spiro atoms. The quantitative estimate of drug-likeness (QED) is 0.532. The summed E-state index contributed by atoms with van der Waals surface area (Å²) in [5.41, 5.74) is -1.99. The van der Waals surface area contributed by atoms with E-state index >= 15 is 0 Å². The zero-order valence-corrected chi connectivity index (χ0v) is 16.4. The molecule has 1 aliphatic rings. The van der Waals surface area contributed by atoms with Crippen LogP contribution in [-0.2, 0) is 11.0 Å². The topological polar surface area (TPSA) is 69.5 Å². The number of aromatic nitrogens is 1. The highest BCUT2D eigenvalue weighted by molar-refractivity contribution is 7.81. The number of thiocarbonyl (C=S) groups is 1. The van der Waals surface area contributed by atoms with Gasteiger partial charge in [-0.15, -0.1) is 0 Å². The third-order valence-corrected chi connectivity index (χ3v) is 4.84. The van der Waals surface area contributed by atoms with Crippen molar-refractivity contribution in [3.8, 4) is 11.8 Å². The molecule has 0 unspecified atom stereocenters. The molecule has 0 radical (unpaired) electrons. The van der Waals surface area contributed by atoms with Gasteiger partial charge in [0.15, 0.2) is 22.4 Å². The SMILES string of the molecule is COc1ccc(N2CCCC(=O)N(c3cnc(C#N)c(C(F)(F)F)c3)C2=S)cc1F. The summed E-state index contributed by atoms with van der Waals surface area (Å²) >= 11 is 5.38. The average Bonchev–Trinajstić information content (AvgIpc) is 2.84. The number of carbonyl (C=O) groups is 1. The van der Waals surface area contributed by atoms with E-state index in [-0.39, 0.29) is 29.5 Å². The number of alkyl halides is 3. The predicted molar refractivity (Wildman–Crippen MR) is 104 cm³/mol. The van der Waals surface area contributed by atoms with Crippen LogP contribution in [0, 0.1) is 17.1 Å². The summed E-state index contributed by atoms with van der Waals surface area (Å²) < 4.78 is 59.0. The van der Waals surface area contributed by atoms with Crippen LogP contribution in [0.4, 0.5) is 28.9 Å². The molecule has 1 aromatic carbocycles. The van der Waals surface area contributed by atoms with Gasteiger partial charge in [0, 0.05) is 24.7 Å². The molecule has 3 rings (SSSR count). The molecule has 1 amide bonds. The summed E-state index contributed by atoms with van der Waals surface area (Å²) in [6.45, 7) is 0.253. The Hall–Kier alpha value is -3.26. The molecule has 2 aromatic rings. The van der Waals surface area contributed by atoms with E-state index in [9.17, 15) is 22.4 Å². The predicted octanol–water partition coefficient (Wildman–Crippen LogP) is 4.04. The molecule has 0 N–H and O–H groups in total. The van der Waals surface area contributed by atoms with E-state index in [1.165, 1.54) is 30.2 Å². The smallest absolute Gasteiger partial charge is 0.419 e. The standard InChI is InChI=1S/C19H14F4N4O2S/c1-29-16-5-4-11(8-14(16)20)26-6-2-3-17(28)27(18(26)30)12-7-13(19(21,22)23)15(9-24)25-10-12/h4-5,7-8,10H,2-3,6H2,1H3. The molecule has 156 valence electrons. The lowest BCUT2D eigenvalue weighted by molar-refractivity contribution is -0.138. The van der Waals surface area contributed by atoms with Gasteiger partial charge < -0.3 is 9.64 Å². The van der Waals surface area contributed by atoms with Crippen LogP contribution in [-0.4, -0.2) is 29.7 Å². The molecule has 1 fully saturated rings. The molecule has 6 nitrogen and oxygen atoms in total. The Morgan fingerprint density at radius 1 is 1.27 bits per heavy atom. The molecule has 0 bridgehead atoms. The number of carbonyl (C=O) groups excluding carboxylic acids is 1. The Morgan fingerprint density at radius 3 is 2.60 bits per heavy atom. The molecule has 1 aliphatic heterocycles. The molecule has 30 heavy (non-hydrogen) atoms. The maximum absolute atomic E-state index is 14.2. The first-order chi connectivity index (χ1) is 14.2. The van der Waals surface area contributed by atoms with Crippen molar-refractivity contribution < 1.29 is 27.1 Å². The molecular weight excluding hydrogens is 424 g/mol. The number of rotatable bonds is 3. The maximum Gasteiger partial charge on any atom is 0.419 e. The van der Waals surface area contributed by atoms with Crippen molar-refractivity contribution in [2.24, 2.45) is 0 Å². The van der Waals surface area contributed by atoms with E-state index in [2.05, 4.69) is 4.98 Å². The van der Waals surface area contributed by atoms with Crippen LogP contribution < -0.4 is 14.5 Å². The van der Waals surface area contributed by atoms with Gasteiger partial charge in [0.05, 0.1) is 24.6 Å². The third kappa shape index (κ3) is 4.04. The van der Waals surface area contributed by atoms with Gasteiger partial charge in [-0.05, 0) is 36.8 Å². The highest BCUT2D eigenvalue weighted by Crippen LogP contribution is 2.35. The van der Waals surface area contributed by atoms with Crippen molar-refractivity contribution in [3.63, 3.8) is 0 Å². The van der Waals surface area contributed by atoms with Crippen molar-refractivity contribution in [3.05, 3.63) is 47.5 Å². The minimum Gasteiger partial charge on any atom is -0.494 e. The fraction of sp³-hybridized carbons (Fsp3) is 0.263. The molecule has 0 saturated carbocycles. The molecule has 11 heteroatoms. The van der Waals surface area contributed by atoms with Gasteiger partial charge in [-0.3, -0.25) is 9.69 Å². The zero-order valence-electron chi connectivity index (χ0n) is 15.5. The van der Waals surface area contributed by atoms with Crippen LogP contribution in [0.2, 0.25) is 0 Å². The number of anilines is 2. The van der Waals surface area contributed by atoms with Gasteiger partial charge in [-0.1, -0.05) is 0 Å². The lowest BCUT2D eigenvalue weighted by Crippen LogP contribution is -2.44. The van der Waals surface area contributed by atoms with Crippen LogP contribution in [0.3, 0.4) is 0 Å². The number of nitrogens with zero attached hydrogens (tertiary/aromatic N) is 4. The van der Waals surface area contributed by atoms with Gasteiger partial charge in [0.25, 0.3) is 0 Å². The first-order valence-corrected chi connectivity index (χ1v) is 9.03. The summed E-state index contributed by atoms with van der Waals surface area (Å²) in [4.78, 5) is 18.5. The molecule has 1 saturated heterocycles. The first kappa shape index (κ1) is 21.4. The number of hydrogen-bond donors (Lipinski definition) is 0. The van der Waals surface area contributed by atoms with E-state index in [4.69, 9.17) is 22.2 Å². The molecular formula is C19H14F4N4O2S. The summed E-state index contributed by atoms with van der Waals surface area (Å²) in [7, 11) is 1.31. The van der Waals surface area contributed by atoms with Crippen molar-refractivity contribution >= 4 is 34.6 Å². The summed E-state index contributed by atoms with van der Waals surface area (Å²) in [5, 5.41) is 8.80. The maximum atomic E-state index is 14.2. The zero-order chi connectivity index (χ0) is 22.1. The van der Waals surface area contributed by atoms with Crippen LogP contribution >= 0.6 is 12.2 Å². The highest BCUT2D eigenvalue weighted by Gasteiger charge is 2.37. The minimum atomic E-state index is -4.84. The van der Waals surface area contributed by atoms with Gasteiger partial charge in [0.2, 0.25) is 5.91 Å². The van der Waals surface area contributed by atoms with E-state index in [0.717, 1.165) is 17.2 Å². The molecule has 1 aromatic heterocycles. The Labute approximate surface area is 174 Å². The lowest BCUT2D eigenvalue weighted by Gasteiger charge is -2.30. The number of hydrogen-bond acceptors (Lipinski definition) is 5. The molecule has 0 atom stereocenters. The van der Waals surface area contributed by atoms with Crippen molar-refractivity contribution in [1.82, 2.24) is 4.98 Å². The van der Waals surface area contributed by atoms with Crippen LogP contribution in [0.25, 0.3) is 0 Å². The number of benzene rings is 1. The normalized spacial score (nSPS) is 15.1. The molecule has 2 heterocycles. The van der Waals surface area contributed by atoms with Gasteiger partial charge in [-0.25, -0.2) is 9.37 Å². The monoisotopic (exact) mass is 438 g/mol. The second-order valence-electron chi connectivity index (χ2n) is 6.29. The van der Waals surface area contributed by atoms with Crippen molar-refractivity contribution in [2.45, 2.75) is 19.0 Å². The second kappa shape index (κ2) is 8.23. The fourth-order valence-electron chi connectivity index (χ4n) is 3.02. The Kier molecular flexibility index (Phi) is 5.89. The van der Waals surface area contributed by atoms with Crippen LogP contribution in [0.5, 0.6) is 5.75 Å². The van der Waals surface area contributed by atoms with Crippen molar-refractivity contribution in [2.75, 3.05) is 23.5 Å². The summed E-state index contributed by atoms with van der Waals surface area (Å²) in [6.07, 6.45) is -3.50. The van der Waals surface area contributed by atoms with Gasteiger partial charge >= 0.3 is 6.18 Å². The first-order valence-electron chi connectivity index (χ1n) is 8.62. The van der Waals surface area contributed by atoms with E-state index in [1.807, 2.05) is 0 Å². The molecule has 0 aliphatic carbocycles. The Bertz CT molecular complexity index is 1050. The Balaban J connectivity index is 2.06. The van der Waals surface area contributed by atoms with E-state index < -0.39 is 29.2 Å².